The summed E-state index contributed by atoms with van der Waals surface area (Å²) in [6.07, 6.45) is 17.5. The number of carbonyl (C=O) groups is 1. The molecule has 0 unspecified atom stereocenters. The van der Waals surface area contributed by atoms with Crippen molar-refractivity contribution in [3.63, 3.8) is 0 Å². The molecule has 0 aliphatic heterocycles. The number of hydrogen-bond donors (Lipinski definition) is 3. The number of nitrogens with one attached hydrogen (secondary N) is 1. The summed E-state index contributed by atoms with van der Waals surface area (Å²) < 4.78 is 5.73. The molecule has 0 radical (unpaired) electrons. The maximum absolute atomic E-state index is 11.5. The molecule has 34 heavy (non-hydrogen) atoms. The largest absolute Gasteiger partial charge is 0.448 e. The van der Waals surface area contributed by atoms with Crippen LogP contribution in [0.5, 0.6) is 0 Å². The van der Waals surface area contributed by atoms with E-state index in [1.165, 1.54) is 64.2 Å². The first-order valence-electron chi connectivity index (χ1n) is 13.2. The highest BCUT2D eigenvalue weighted by Crippen LogP contribution is 2.31. The molecular formula is C28H43N3O3. The Labute approximate surface area is 204 Å². The number of carbonyl (C=O) groups excluding carboxylic acids is 1. The molecule has 2 saturated carbocycles. The number of nitrogens with zero attached hydrogens (tertiary/aromatic N) is 1. The molecule has 1 atom stereocenters. The van der Waals surface area contributed by atoms with Gasteiger partial charge in [-0.1, -0.05) is 88.1 Å². The number of oxazole rings is 1. The van der Waals surface area contributed by atoms with Gasteiger partial charge in [0.2, 0.25) is 5.91 Å². The van der Waals surface area contributed by atoms with E-state index in [0.29, 0.717) is 18.4 Å². The van der Waals surface area contributed by atoms with Crippen molar-refractivity contribution in [3.8, 4) is 0 Å². The summed E-state index contributed by atoms with van der Waals surface area (Å²) in [7, 11) is 0. The van der Waals surface area contributed by atoms with E-state index >= 15 is 0 Å². The Kier molecular flexibility index (Phi) is 11.6. The SMILES string of the molecule is NC(=O)C[C@@H](CCCC1CCCCC1)c1nc(CNC2CCCC2)co1.OCc1ccccc1. The molecule has 2 fully saturated rings. The normalized spacial score (nSPS) is 17.8. The second-order valence-electron chi connectivity index (χ2n) is 9.99. The standard InChI is InChI=1S/C21H35N3O2.C7H8O/c22-20(25)13-17(10-6-9-16-7-2-1-3-8-16)21-24-19(15-26-21)14-23-18-11-4-5-12-18;8-6-7-4-2-1-3-5-7/h15-18,23H,1-14H2,(H2,22,25);1-5,8H,6H2/t17-;/m1./s1. The molecule has 1 aromatic carbocycles. The van der Waals surface area contributed by atoms with Gasteiger partial charge in [-0.25, -0.2) is 4.98 Å². The van der Waals surface area contributed by atoms with Crippen molar-refractivity contribution in [1.82, 2.24) is 10.3 Å². The zero-order valence-electron chi connectivity index (χ0n) is 20.6. The van der Waals surface area contributed by atoms with Gasteiger partial charge < -0.3 is 20.6 Å². The van der Waals surface area contributed by atoms with Crippen LogP contribution < -0.4 is 11.1 Å². The molecule has 2 aromatic rings. The van der Waals surface area contributed by atoms with Gasteiger partial charge in [0.15, 0.2) is 5.89 Å². The summed E-state index contributed by atoms with van der Waals surface area (Å²) in [6.45, 7) is 0.889. The molecule has 1 aromatic heterocycles. The fraction of sp³-hybridized carbons (Fsp3) is 0.643. The predicted molar refractivity (Wildman–Crippen MR) is 135 cm³/mol. The molecule has 0 bridgehead atoms. The van der Waals surface area contributed by atoms with Gasteiger partial charge in [-0.05, 0) is 30.7 Å². The second kappa shape index (κ2) is 14.9. The Morgan fingerprint density at radius 1 is 1.09 bits per heavy atom. The highest BCUT2D eigenvalue weighted by atomic mass is 16.3. The molecule has 0 spiro atoms. The first-order valence-corrected chi connectivity index (χ1v) is 13.2. The van der Waals surface area contributed by atoms with Gasteiger partial charge in [0.25, 0.3) is 0 Å². The van der Waals surface area contributed by atoms with E-state index in [4.69, 9.17) is 15.3 Å². The summed E-state index contributed by atoms with van der Waals surface area (Å²) in [5.74, 6) is 1.32. The van der Waals surface area contributed by atoms with Crippen LogP contribution >= 0.6 is 0 Å². The zero-order valence-corrected chi connectivity index (χ0v) is 20.6. The van der Waals surface area contributed by atoms with Crippen LogP contribution in [0.1, 0.15) is 107 Å². The molecule has 0 saturated heterocycles. The Balaban J connectivity index is 0.000000343. The number of rotatable bonds is 11. The minimum Gasteiger partial charge on any atom is -0.448 e. The lowest BCUT2D eigenvalue weighted by Crippen LogP contribution is -2.25. The zero-order chi connectivity index (χ0) is 24.0. The first kappa shape index (κ1) is 26.4. The van der Waals surface area contributed by atoms with Crippen LogP contribution in [0.4, 0.5) is 0 Å². The number of nitrogens with two attached hydrogens (primary N) is 1. The van der Waals surface area contributed by atoms with E-state index in [-0.39, 0.29) is 18.4 Å². The molecular weight excluding hydrogens is 426 g/mol. The maximum Gasteiger partial charge on any atom is 0.218 e. The van der Waals surface area contributed by atoms with Gasteiger partial charge in [0, 0.05) is 24.9 Å². The molecule has 4 N–H and O–H groups in total. The third-order valence-corrected chi connectivity index (χ3v) is 7.21. The van der Waals surface area contributed by atoms with Crippen molar-refractivity contribution in [1.29, 1.82) is 0 Å². The fourth-order valence-electron chi connectivity index (χ4n) is 5.24. The summed E-state index contributed by atoms with van der Waals surface area (Å²) in [5.41, 5.74) is 7.38. The fourth-order valence-corrected chi connectivity index (χ4v) is 5.24. The molecule has 1 amide bonds. The monoisotopic (exact) mass is 469 g/mol. The van der Waals surface area contributed by atoms with E-state index in [1.54, 1.807) is 6.26 Å². The van der Waals surface area contributed by atoms with Crippen LogP contribution in [0.2, 0.25) is 0 Å². The first-order chi connectivity index (χ1) is 16.6. The Bertz CT molecular complexity index is 811. The molecule has 4 rings (SSSR count). The lowest BCUT2D eigenvalue weighted by atomic mass is 9.84. The third-order valence-electron chi connectivity index (χ3n) is 7.21. The van der Waals surface area contributed by atoms with E-state index in [9.17, 15) is 4.79 Å². The van der Waals surface area contributed by atoms with Gasteiger partial charge in [0.1, 0.15) is 6.26 Å². The number of primary amides is 1. The molecule has 2 aliphatic rings. The molecule has 6 nitrogen and oxygen atoms in total. The highest BCUT2D eigenvalue weighted by Gasteiger charge is 2.22. The summed E-state index contributed by atoms with van der Waals surface area (Å²) in [4.78, 5) is 16.1. The number of aliphatic hydroxyl groups excluding tert-OH is 1. The minimum absolute atomic E-state index is 0.0244. The van der Waals surface area contributed by atoms with Crippen LogP contribution in [-0.2, 0) is 17.9 Å². The van der Waals surface area contributed by atoms with Crippen molar-refractivity contribution in [2.45, 2.75) is 109 Å². The molecule has 188 valence electrons. The Morgan fingerprint density at radius 2 is 1.79 bits per heavy atom. The lowest BCUT2D eigenvalue weighted by molar-refractivity contribution is -0.118. The van der Waals surface area contributed by atoms with Crippen LogP contribution in [0, 0.1) is 5.92 Å². The van der Waals surface area contributed by atoms with Crippen molar-refractivity contribution >= 4 is 5.91 Å². The van der Waals surface area contributed by atoms with Crippen LogP contribution in [0.3, 0.4) is 0 Å². The smallest absolute Gasteiger partial charge is 0.218 e. The van der Waals surface area contributed by atoms with Gasteiger partial charge in [-0.3, -0.25) is 4.79 Å². The summed E-state index contributed by atoms with van der Waals surface area (Å²) in [5, 5.41) is 12.1. The minimum atomic E-state index is -0.267. The van der Waals surface area contributed by atoms with Crippen molar-refractivity contribution in [2.24, 2.45) is 11.7 Å². The predicted octanol–water partition coefficient (Wildman–Crippen LogP) is 5.60. The van der Waals surface area contributed by atoms with Crippen LogP contribution in [0.15, 0.2) is 41.0 Å². The summed E-state index contributed by atoms with van der Waals surface area (Å²) >= 11 is 0. The topological polar surface area (TPSA) is 101 Å². The Morgan fingerprint density at radius 3 is 2.44 bits per heavy atom. The van der Waals surface area contributed by atoms with Crippen molar-refractivity contribution in [2.75, 3.05) is 0 Å². The van der Waals surface area contributed by atoms with Crippen molar-refractivity contribution < 1.29 is 14.3 Å². The van der Waals surface area contributed by atoms with Crippen molar-refractivity contribution in [3.05, 3.63) is 53.7 Å². The van der Waals surface area contributed by atoms with Gasteiger partial charge >= 0.3 is 0 Å². The van der Waals surface area contributed by atoms with Crippen LogP contribution in [-0.4, -0.2) is 22.0 Å². The van der Waals surface area contributed by atoms with E-state index in [1.807, 2.05) is 30.3 Å². The number of aromatic nitrogens is 1. The van der Waals surface area contributed by atoms with Gasteiger partial charge in [-0.15, -0.1) is 0 Å². The highest BCUT2D eigenvalue weighted by molar-refractivity contribution is 5.74. The molecule has 2 aliphatic carbocycles. The molecule has 1 heterocycles. The quantitative estimate of drug-likeness (QED) is 0.398. The molecule has 6 heteroatoms. The van der Waals surface area contributed by atoms with Crippen LogP contribution in [0.25, 0.3) is 0 Å². The lowest BCUT2D eigenvalue weighted by Gasteiger charge is -2.22. The number of aliphatic hydroxyl groups is 1. The average molecular weight is 470 g/mol. The van der Waals surface area contributed by atoms with Gasteiger partial charge in [0.05, 0.1) is 12.3 Å². The number of benzene rings is 1. The third kappa shape index (κ3) is 9.59. The van der Waals surface area contributed by atoms with E-state index < -0.39 is 0 Å². The van der Waals surface area contributed by atoms with Gasteiger partial charge in [-0.2, -0.15) is 0 Å². The number of amides is 1. The summed E-state index contributed by atoms with van der Waals surface area (Å²) in [6, 6.07) is 10.1. The number of hydrogen-bond acceptors (Lipinski definition) is 5. The van der Waals surface area contributed by atoms with E-state index in [2.05, 4.69) is 10.3 Å². The maximum atomic E-state index is 11.5. The average Bonchev–Trinajstić information content (AvgIpc) is 3.56. The second-order valence-corrected chi connectivity index (χ2v) is 9.99. The Hall–Kier alpha value is -2.18. The van der Waals surface area contributed by atoms with E-state index in [0.717, 1.165) is 36.6 Å².